The van der Waals surface area contributed by atoms with E-state index in [0.717, 1.165) is 11.1 Å². The summed E-state index contributed by atoms with van der Waals surface area (Å²) in [7, 11) is 0. The van der Waals surface area contributed by atoms with Crippen LogP contribution in [-0.2, 0) is 6.54 Å². The molecule has 0 aliphatic carbocycles. The van der Waals surface area contributed by atoms with E-state index in [2.05, 4.69) is 37.2 Å². The predicted octanol–water partition coefficient (Wildman–Crippen LogP) is 5.41. The molecule has 0 radical (unpaired) electrons. The molecule has 1 N–H and O–H groups in total. The highest BCUT2D eigenvalue weighted by atomic mass is 79.9. The highest BCUT2D eigenvalue weighted by Crippen LogP contribution is 2.26. The molecule has 19 heavy (non-hydrogen) atoms. The number of hydrogen-bond acceptors (Lipinski definition) is 1. The molecule has 0 atom stereocenters. The first-order valence-corrected chi connectivity index (χ1v) is 7.20. The van der Waals surface area contributed by atoms with Gasteiger partial charge in [-0.1, -0.05) is 12.1 Å². The predicted molar refractivity (Wildman–Crippen MR) is 80.3 cm³/mol. The van der Waals surface area contributed by atoms with Crippen LogP contribution < -0.4 is 5.32 Å². The zero-order valence-electron chi connectivity index (χ0n) is 10.1. The fourth-order valence-electron chi connectivity index (χ4n) is 1.71. The average Bonchev–Trinajstić information content (AvgIpc) is 2.37. The summed E-state index contributed by atoms with van der Waals surface area (Å²) in [6.07, 6.45) is 0. The van der Waals surface area contributed by atoms with Gasteiger partial charge in [-0.15, -0.1) is 0 Å². The van der Waals surface area contributed by atoms with Crippen LogP contribution in [0.2, 0.25) is 0 Å². The molecule has 100 valence electrons. The third-order valence-electron chi connectivity index (χ3n) is 2.77. The third-order valence-corrected chi connectivity index (χ3v) is 4.26. The number of rotatable bonds is 3. The molecule has 0 saturated heterocycles. The normalized spacial score (nSPS) is 10.6. The number of hydrogen-bond donors (Lipinski definition) is 1. The Hall–Kier alpha value is -0.940. The van der Waals surface area contributed by atoms with E-state index >= 15 is 0 Å². The first kappa shape index (κ1) is 14.5. The summed E-state index contributed by atoms with van der Waals surface area (Å²) in [5.41, 5.74) is 2.39. The Morgan fingerprint density at radius 2 is 1.84 bits per heavy atom. The van der Waals surface area contributed by atoms with Gasteiger partial charge in [0, 0.05) is 12.2 Å². The molecule has 0 aliphatic heterocycles. The molecule has 0 aromatic heterocycles. The molecule has 0 amide bonds. The van der Waals surface area contributed by atoms with Crippen LogP contribution in [0, 0.1) is 18.6 Å². The molecule has 1 nitrogen and oxygen atoms in total. The average molecular weight is 391 g/mol. The van der Waals surface area contributed by atoms with Gasteiger partial charge < -0.3 is 5.32 Å². The summed E-state index contributed by atoms with van der Waals surface area (Å²) < 4.78 is 27.7. The second-order valence-corrected chi connectivity index (χ2v) is 5.80. The standard InChI is InChI=1S/C14H11Br2F2N/c1-8-5-10(15)12(18)6-13(8)19-7-9-3-2-4-11(17)14(9)16/h2-6,19H,7H2,1H3. The van der Waals surface area contributed by atoms with Gasteiger partial charge in [-0.25, -0.2) is 8.78 Å². The Kier molecular flexibility index (Phi) is 4.58. The molecule has 0 fully saturated rings. The van der Waals surface area contributed by atoms with Crippen LogP contribution >= 0.6 is 31.9 Å². The molecule has 0 spiro atoms. The molecular weight excluding hydrogens is 380 g/mol. The lowest BCUT2D eigenvalue weighted by Crippen LogP contribution is -2.03. The van der Waals surface area contributed by atoms with Crippen LogP contribution in [0.15, 0.2) is 39.3 Å². The van der Waals surface area contributed by atoms with Crippen LogP contribution in [0.25, 0.3) is 0 Å². The highest BCUT2D eigenvalue weighted by Gasteiger charge is 2.08. The van der Waals surface area contributed by atoms with Gasteiger partial charge in [0.05, 0.1) is 8.95 Å². The lowest BCUT2D eigenvalue weighted by atomic mass is 10.1. The minimum absolute atomic E-state index is 0.307. The molecule has 0 unspecified atom stereocenters. The maximum absolute atomic E-state index is 13.5. The van der Waals surface area contributed by atoms with E-state index in [1.165, 1.54) is 12.1 Å². The van der Waals surface area contributed by atoms with Crippen molar-refractivity contribution in [3.63, 3.8) is 0 Å². The Morgan fingerprint density at radius 3 is 2.58 bits per heavy atom. The molecule has 0 bridgehead atoms. The van der Waals surface area contributed by atoms with Gasteiger partial charge in [0.15, 0.2) is 0 Å². The van der Waals surface area contributed by atoms with Crippen molar-refractivity contribution in [2.75, 3.05) is 5.32 Å². The van der Waals surface area contributed by atoms with E-state index < -0.39 is 0 Å². The number of aryl methyl sites for hydroxylation is 1. The number of halogens is 4. The number of anilines is 1. The lowest BCUT2D eigenvalue weighted by molar-refractivity contribution is 0.618. The maximum atomic E-state index is 13.5. The van der Waals surface area contributed by atoms with Crippen molar-refractivity contribution in [3.05, 3.63) is 62.0 Å². The number of nitrogens with one attached hydrogen (secondary N) is 1. The summed E-state index contributed by atoms with van der Waals surface area (Å²) >= 11 is 6.34. The molecule has 0 aliphatic rings. The SMILES string of the molecule is Cc1cc(Br)c(F)cc1NCc1cccc(F)c1Br. The van der Waals surface area contributed by atoms with Gasteiger partial charge in [0.2, 0.25) is 0 Å². The van der Waals surface area contributed by atoms with Crippen LogP contribution in [0.4, 0.5) is 14.5 Å². The molecule has 0 saturated carbocycles. The van der Waals surface area contributed by atoms with E-state index in [0.29, 0.717) is 21.2 Å². The Balaban J connectivity index is 2.19. The van der Waals surface area contributed by atoms with Crippen molar-refractivity contribution in [1.82, 2.24) is 0 Å². The maximum Gasteiger partial charge on any atom is 0.139 e. The quantitative estimate of drug-likeness (QED) is 0.738. The summed E-state index contributed by atoms with van der Waals surface area (Å²) in [6, 6.07) is 7.97. The Morgan fingerprint density at radius 1 is 1.11 bits per heavy atom. The zero-order chi connectivity index (χ0) is 14.0. The van der Waals surface area contributed by atoms with Gasteiger partial charge in [0.25, 0.3) is 0 Å². The van der Waals surface area contributed by atoms with E-state index in [4.69, 9.17) is 0 Å². The van der Waals surface area contributed by atoms with Gasteiger partial charge >= 0.3 is 0 Å². The topological polar surface area (TPSA) is 12.0 Å². The van der Waals surface area contributed by atoms with E-state index in [9.17, 15) is 8.78 Å². The monoisotopic (exact) mass is 389 g/mol. The summed E-state index contributed by atoms with van der Waals surface area (Å²) in [4.78, 5) is 0. The summed E-state index contributed by atoms with van der Waals surface area (Å²) in [5.74, 6) is -0.635. The first-order chi connectivity index (χ1) is 8.99. The van der Waals surface area contributed by atoms with Crippen molar-refractivity contribution in [2.24, 2.45) is 0 Å². The molecule has 2 aromatic carbocycles. The first-order valence-electron chi connectivity index (χ1n) is 5.61. The molecular formula is C14H11Br2F2N. The molecule has 2 aromatic rings. The second-order valence-electron chi connectivity index (χ2n) is 4.15. The lowest BCUT2D eigenvalue weighted by Gasteiger charge is -2.12. The van der Waals surface area contributed by atoms with Gasteiger partial charge in [-0.05, 0) is 68.1 Å². The highest BCUT2D eigenvalue weighted by molar-refractivity contribution is 9.10. The minimum Gasteiger partial charge on any atom is -0.381 e. The van der Waals surface area contributed by atoms with Crippen molar-refractivity contribution in [1.29, 1.82) is 0 Å². The molecule has 0 heterocycles. The zero-order valence-corrected chi connectivity index (χ0v) is 13.3. The van der Waals surface area contributed by atoms with Crippen LogP contribution in [-0.4, -0.2) is 0 Å². The smallest absolute Gasteiger partial charge is 0.139 e. The fraction of sp³-hybridized carbons (Fsp3) is 0.143. The van der Waals surface area contributed by atoms with Crippen molar-refractivity contribution in [2.45, 2.75) is 13.5 Å². The van der Waals surface area contributed by atoms with E-state index in [1.807, 2.05) is 13.0 Å². The largest absolute Gasteiger partial charge is 0.381 e. The van der Waals surface area contributed by atoms with E-state index in [1.54, 1.807) is 12.1 Å². The van der Waals surface area contributed by atoms with Gasteiger partial charge in [-0.3, -0.25) is 0 Å². The summed E-state index contributed by atoms with van der Waals surface area (Å²) in [6.45, 7) is 2.30. The van der Waals surface area contributed by atoms with E-state index in [-0.39, 0.29) is 11.6 Å². The van der Waals surface area contributed by atoms with Crippen molar-refractivity contribution in [3.8, 4) is 0 Å². The summed E-state index contributed by atoms with van der Waals surface area (Å²) in [5, 5.41) is 3.11. The Bertz CT molecular complexity index is 615. The van der Waals surface area contributed by atoms with Gasteiger partial charge in [-0.2, -0.15) is 0 Å². The number of benzene rings is 2. The molecule has 2 rings (SSSR count). The third kappa shape index (κ3) is 3.34. The second kappa shape index (κ2) is 6.01. The van der Waals surface area contributed by atoms with Gasteiger partial charge in [0.1, 0.15) is 11.6 Å². The molecule has 5 heteroatoms. The minimum atomic E-state index is -0.327. The van der Waals surface area contributed by atoms with Crippen molar-refractivity contribution < 1.29 is 8.78 Å². The van der Waals surface area contributed by atoms with Crippen LogP contribution in [0.5, 0.6) is 0 Å². The fourth-order valence-corrected chi connectivity index (χ4v) is 2.57. The van der Waals surface area contributed by atoms with Crippen LogP contribution in [0.1, 0.15) is 11.1 Å². The van der Waals surface area contributed by atoms with Crippen molar-refractivity contribution >= 4 is 37.5 Å². The Labute approximate surface area is 127 Å². The van der Waals surface area contributed by atoms with Crippen LogP contribution in [0.3, 0.4) is 0 Å².